The molecule has 0 fully saturated rings. The van der Waals surface area contributed by atoms with Crippen LogP contribution in [0.5, 0.6) is 0 Å². The third-order valence-corrected chi connectivity index (χ3v) is 4.13. The molecule has 0 spiro atoms. The Bertz CT molecular complexity index is 965. The molecular formula is C17H16ClN5O2. The fourth-order valence-electron chi connectivity index (χ4n) is 2.50. The third-order valence-electron chi connectivity index (χ3n) is 3.85. The largest absolute Gasteiger partial charge is 0.345 e. The van der Waals surface area contributed by atoms with Gasteiger partial charge >= 0.3 is 0 Å². The molecule has 25 heavy (non-hydrogen) atoms. The van der Waals surface area contributed by atoms with Crippen molar-refractivity contribution in [2.75, 3.05) is 0 Å². The van der Waals surface area contributed by atoms with E-state index >= 15 is 0 Å². The van der Waals surface area contributed by atoms with Crippen LogP contribution in [-0.2, 0) is 0 Å². The summed E-state index contributed by atoms with van der Waals surface area (Å²) in [5.41, 5.74) is 1.60. The lowest BCUT2D eigenvalue weighted by Gasteiger charge is -2.14. The predicted molar refractivity (Wildman–Crippen MR) is 94.0 cm³/mol. The van der Waals surface area contributed by atoms with E-state index in [9.17, 15) is 9.59 Å². The van der Waals surface area contributed by atoms with Gasteiger partial charge in [-0.3, -0.25) is 9.59 Å². The number of hydrogen-bond acceptors (Lipinski definition) is 4. The number of carbonyl (C=O) groups is 1. The van der Waals surface area contributed by atoms with Crippen LogP contribution < -0.4 is 10.9 Å². The second-order valence-electron chi connectivity index (χ2n) is 5.55. The van der Waals surface area contributed by atoms with Gasteiger partial charge in [-0.05, 0) is 32.0 Å². The number of carbonyl (C=O) groups excluding carboxylic acids is 1. The van der Waals surface area contributed by atoms with Gasteiger partial charge in [-0.1, -0.05) is 17.7 Å². The zero-order valence-corrected chi connectivity index (χ0v) is 14.4. The summed E-state index contributed by atoms with van der Waals surface area (Å²) in [5.74, 6) is 0.368. The molecule has 3 rings (SSSR count). The highest BCUT2D eigenvalue weighted by molar-refractivity contribution is 6.30. The highest BCUT2D eigenvalue weighted by atomic mass is 35.5. The molecule has 3 heterocycles. The molecule has 0 radical (unpaired) electrons. The lowest BCUT2D eigenvalue weighted by Crippen LogP contribution is -2.27. The van der Waals surface area contributed by atoms with Crippen LogP contribution in [0.4, 0.5) is 0 Å². The van der Waals surface area contributed by atoms with Crippen molar-refractivity contribution in [1.82, 2.24) is 25.1 Å². The van der Waals surface area contributed by atoms with Gasteiger partial charge in [0.1, 0.15) is 5.02 Å². The van der Waals surface area contributed by atoms with Crippen molar-refractivity contribution in [3.05, 3.63) is 75.1 Å². The summed E-state index contributed by atoms with van der Waals surface area (Å²) in [6, 6.07) is 6.63. The van der Waals surface area contributed by atoms with E-state index in [4.69, 9.17) is 11.6 Å². The van der Waals surface area contributed by atoms with Crippen LogP contribution in [-0.4, -0.2) is 25.7 Å². The SMILES string of the molecule is Cc1c([C@H](C)NC(=O)c2c[nH]c(=O)c(Cl)c2)cnn1-c1ccccn1. The normalized spacial score (nSPS) is 12.0. The van der Waals surface area contributed by atoms with Crippen molar-refractivity contribution >= 4 is 17.5 Å². The molecule has 0 aliphatic rings. The predicted octanol–water partition coefficient (Wildman–Crippen LogP) is 2.41. The fraction of sp³-hybridized carbons (Fsp3) is 0.176. The molecule has 3 aromatic rings. The summed E-state index contributed by atoms with van der Waals surface area (Å²) in [6.07, 6.45) is 4.73. The monoisotopic (exact) mass is 357 g/mol. The van der Waals surface area contributed by atoms with Gasteiger partial charge in [0.05, 0.1) is 17.8 Å². The molecule has 3 aromatic heterocycles. The zero-order valence-electron chi connectivity index (χ0n) is 13.7. The van der Waals surface area contributed by atoms with E-state index < -0.39 is 5.56 Å². The van der Waals surface area contributed by atoms with E-state index in [0.29, 0.717) is 5.82 Å². The minimum atomic E-state index is -0.432. The Morgan fingerprint density at radius 1 is 1.40 bits per heavy atom. The number of pyridine rings is 2. The van der Waals surface area contributed by atoms with Crippen LogP contribution in [0, 0.1) is 6.92 Å². The zero-order chi connectivity index (χ0) is 18.0. The van der Waals surface area contributed by atoms with Crippen LogP contribution in [0.1, 0.15) is 34.6 Å². The first-order chi connectivity index (χ1) is 12.0. The number of aromatic nitrogens is 4. The minimum absolute atomic E-state index is 0.0283. The molecule has 0 bridgehead atoms. The second-order valence-corrected chi connectivity index (χ2v) is 5.95. The van der Waals surface area contributed by atoms with Gasteiger partial charge < -0.3 is 10.3 Å². The second kappa shape index (κ2) is 6.90. The number of halogens is 1. The standard InChI is InChI=1S/C17H16ClN5O2/c1-10(22-16(24)12-7-14(18)17(25)20-8-12)13-9-21-23(11(13)2)15-5-3-4-6-19-15/h3-10H,1-2H3,(H,20,25)(H,22,24)/t10-/m0/s1. The molecule has 128 valence electrons. The molecule has 0 aromatic carbocycles. The Morgan fingerprint density at radius 3 is 2.88 bits per heavy atom. The highest BCUT2D eigenvalue weighted by Crippen LogP contribution is 2.19. The summed E-state index contributed by atoms with van der Waals surface area (Å²) in [5, 5.41) is 7.19. The van der Waals surface area contributed by atoms with Crippen LogP contribution in [0.2, 0.25) is 5.02 Å². The summed E-state index contributed by atoms with van der Waals surface area (Å²) in [6.45, 7) is 3.77. The minimum Gasteiger partial charge on any atom is -0.345 e. The van der Waals surface area contributed by atoms with Crippen molar-refractivity contribution in [1.29, 1.82) is 0 Å². The summed E-state index contributed by atoms with van der Waals surface area (Å²) in [4.78, 5) is 30.3. The highest BCUT2D eigenvalue weighted by Gasteiger charge is 2.18. The maximum absolute atomic E-state index is 12.3. The lowest BCUT2D eigenvalue weighted by molar-refractivity contribution is 0.0939. The Kier molecular flexibility index (Phi) is 4.67. The van der Waals surface area contributed by atoms with Crippen molar-refractivity contribution in [2.24, 2.45) is 0 Å². The number of H-pyrrole nitrogens is 1. The van der Waals surface area contributed by atoms with Crippen molar-refractivity contribution < 1.29 is 4.79 Å². The molecule has 0 aliphatic heterocycles. The average Bonchev–Trinajstić information content (AvgIpc) is 2.99. The fourth-order valence-corrected chi connectivity index (χ4v) is 2.67. The van der Waals surface area contributed by atoms with Gasteiger partial charge in [0.2, 0.25) is 0 Å². The number of nitrogens with zero attached hydrogens (tertiary/aromatic N) is 3. The summed E-state index contributed by atoms with van der Waals surface area (Å²) in [7, 11) is 0. The van der Waals surface area contributed by atoms with E-state index in [0.717, 1.165) is 11.3 Å². The molecule has 0 saturated carbocycles. The van der Waals surface area contributed by atoms with Gasteiger partial charge in [-0.15, -0.1) is 0 Å². The molecule has 1 amide bonds. The topological polar surface area (TPSA) is 92.7 Å². The quantitative estimate of drug-likeness (QED) is 0.749. The smallest absolute Gasteiger partial charge is 0.266 e. The molecule has 1 atom stereocenters. The molecule has 2 N–H and O–H groups in total. The van der Waals surface area contributed by atoms with Crippen LogP contribution in [0.3, 0.4) is 0 Å². The number of aromatic amines is 1. The Hall–Kier alpha value is -2.93. The Balaban J connectivity index is 1.81. The maximum Gasteiger partial charge on any atom is 0.266 e. The first-order valence-electron chi connectivity index (χ1n) is 7.62. The first-order valence-corrected chi connectivity index (χ1v) is 8.00. The van der Waals surface area contributed by atoms with Gasteiger partial charge in [0, 0.05) is 23.7 Å². The molecule has 0 aliphatic carbocycles. The van der Waals surface area contributed by atoms with E-state index in [2.05, 4.69) is 20.4 Å². The molecule has 0 saturated heterocycles. The number of nitrogens with one attached hydrogen (secondary N) is 2. The van der Waals surface area contributed by atoms with E-state index in [-0.39, 0.29) is 22.5 Å². The summed E-state index contributed by atoms with van der Waals surface area (Å²) >= 11 is 5.76. The lowest BCUT2D eigenvalue weighted by atomic mass is 10.1. The summed E-state index contributed by atoms with van der Waals surface area (Å²) < 4.78 is 1.72. The molecular weight excluding hydrogens is 342 g/mol. The first kappa shape index (κ1) is 16.9. The van der Waals surface area contributed by atoms with Crippen molar-refractivity contribution in [3.8, 4) is 5.82 Å². The molecule has 8 heteroatoms. The Morgan fingerprint density at radius 2 is 2.20 bits per heavy atom. The van der Waals surface area contributed by atoms with Crippen molar-refractivity contribution in [3.63, 3.8) is 0 Å². The third kappa shape index (κ3) is 3.46. The molecule has 7 nitrogen and oxygen atoms in total. The van der Waals surface area contributed by atoms with Gasteiger partial charge in [0.25, 0.3) is 11.5 Å². The average molecular weight is 358 g/mol. The number of amides is 1. The van der Waals surface area contributed by atoms with Gasteiger partial charge in [-0.25, -0.2) is 9.67 Å². The van der Waals surface area contributed by atoms with Gasteiger partial charge in [0.15, 0.2) is 5.82 Å². The Labute approximate surface area is 148 Å². The van der Waals surface area contributed by atoms with Crippen LogP contribution in [0.15, 0.2) is 47.7 Å². The van der Waals surface area contributed by atoms with Crippen LogP contribution in [0.25, 0.3) is 5.82 Å². The van der Waals surface area contributed by atoms with E-state index in [1.807, 2.05) is 32.0 Å². The van der Waals surface area contributed by atoms with E-state index in [1.54, 1.807) is 17.1 Å². The maximum atomic E-state index is 12.3. The molecule has 0 unspecified atom stereocenters. The number of rotatable bonds is 4. The van der Waals surface area contributed by atoms with Crippen LogP contribution >= 0.6 is 11.6 Å². The number of hydrogen-bond donors (Lipinski definition) is 2. The van der Waals surface area contributed by atoms with Gasteiger partial charge in [-0.2, -0.15) is 5.10 Å². The van der Waals surface area contributed by atoms with E-state index in [1.165, 1.54) is 12.3 Å². The van der Waals surface area contributed by atoms with Crippen molar-refractivity contribution in [2.45, 2.75) is 19.9 Å².